The van der Waals surface area contributed by atoms with Crippen LogP contribution in [0, 0.1) is 11.8 Å². The highest BCUT2D eigenvalue weighted by Crippen LogP contribution is 2.33. The van der Waals surface area contributed by atoms with Crippen molar-refractivity contribution in [1.82, 2.24) is 14.9 Å². The highest BCUT2D eigenvalue weighted by molar-refractivity contribution is 6.30. The maximum Gasteiger partial charge on any atom is 0.150 e. The maximum absolute atomic E-state index is 6.12. The summed E-state index contributed by atoms with van der Waals surface area (Å²) >= 11 is 6.12. The summed E-state index contributed by atoms with van der Waals surface area (Å²) in [6, 6.07) is 0. The molecule has 3 heterocycles. The van der Waals surface area contributed by atoms with Gasteiger partial charge in [0.1, 0.15) is 5.15 Å². The van der Waals surface area contributed by atoms with E-state index in [4.69, 9.17) is 11.6 Å². The summed E-state index contributed by atoms with van der Waals surface area (Å²) < 4.78 is 2.22. The predicted octanol–water partition coefficient (Wildman–Crippen LogP) is 2.10. The van der Waals surface area contributed by atoms with Crippen LogP contribution in [0.5, 0.6) is 0 Å². The molecule has 88 valence electrons. The average molecular weight is 240 g/mol. The molecule has 1 atom stereocenters. The summed E-state index contributed by atoms with van der Waals surface area (Å²) in [6.07, 6.45) is 6.97. The Balaban J connectivity index is 1.73. The minimum absolute atomic E-state index is 0.721. The molecule has 0 spiro atoms. The number of halogens is 1. The molecule has 3 rings (SSSR count). The molecule has 1 fully saturated rings. The zero-order valence-electron chi connectivity index (χ0n) is 9.45. The average Bonchev–Trinajstić information content (AvgIpc) is 2.72. The minimum atomic E-state index is 0.721. The van der Waals surface area contributed by atoms with Crippen LogP contribution >= 0.6 is 11.6 Å². The van der Waals surface area contributed by atoms with E-state index < -0.39 is 0 Å². The van der Waals surface area contributed by atoms with Crippen molar-refractivity contribution in [3.63, 3.8) is 0 Å². The smallest absolute Gasteiger partial charge is 0.150 e. The summed E-state index contributed by atoms with van der Waals surface area (Å²) in [4.78, 5) is 4.19. The first-order chi connectivity index (χ1) is 7.84. The number of nitrogens with zero attached hydrogens (tertiary/aromatic N) is 2. The van der Waals surface area contributed by atoms with Crippen molar-refractivity contribution in [2.75, 3.05) is 13.1 Å². The molecule has 0 aromatic carbocycles. The summed E-state index contributed by atoms with van der Waals surface area (Å²) in [6.45, 7) is 3.48. The third-order valence-electron chi connectivity index (χ3n) is 4.14. The molecule has 3 nitrogen and oxygen atoms in total. The van der Waals surface area contributed by atoms with E-state index in [1.807, 2.05) is 6.33 Å². The van der Waals surface area contributed by atoms with Gasteiger partial charge in [-0.1, -0.05) is 11.6 Å². The Labute approximate surface area is 101 Å². The zero-order valence-corrected chi connectivity index (χ0v) is 10.2. The second kappa shape index (κ2) is 4.38. The normalized spacial score (nSPS) is 26.7. The fourth-order valence-electron chi connectivity index (χ4n) is 3.15. The Kier molecular flexibility index (Phi) is 2.90. The van der Waals surface area contributed by atoms with Crippen LogP contribution in [-0.2, 0) is 13.0 Å². The Morgan fingerprint density at radius 1 is 1.25 bits per heavy atom. The number of fused-ring (bicyclic) bond motifs is 1. The van der Waals surface area contributed by atoms with Crippen LogP contribution in [0.3, 0.4) is 0 Å². The third-order valence-corrected chi connectivity index (χ3v) is 4.46. The number of hydrogen-bond acceptors (Lipinski definition) is 2. The minimum Gasteiger partial charge on any atom is -0.333 e. The quantitative estimate of drug-likeness (QED) is 0.814. The fourth-order valence-corrected chi connectivity index (χ4v) is 3.38. The number of piperidine rings is 1. The van der Waals surface area contributed by atoms with Crippen LogP contribution in [-0.4, -0.2) is 22.6 Å². The Bertz CT molecular complexity index is 368. The molecule has 2 aliphatic rings. The highest BCUT2D eigenvalue weighted by Gasteiger charge is 2.28. The molecule has 1 aromatic rings. The van der Waals surface area contributed by atoms with E-state index >= 15 is 0 Å². The van der Waals surface area contributed by atoms with Crippen LogP contribution in [0.1, 0.15) is 25.0 Å². The number of nitrogens with one attached hydrogen (secondary N) is 1. The highest BCUT2D eigenvalue weighted by atomic mass is 35.5. The van der Waals surface area contributed by atoms with Gasteiger partial charge in [-0.25, -0.2) is 4.98 Å². The Morgan fingerprint density at radius 3 is 2.88 bits per heavy atom. The largest absolute Gasteiger partial charge is 0.333 e. The SMILES string of the molecule is Clc1ncn2c1CC(C1CCNCC1)CC2. The summed E-state index contributed by atoms with van der Waals surface area (Å²) in [7, 11) is 0. The van der Waals surface area contributed by atoms with Crippen molar-refractivity contribution in [1.29, 1.82) is 0 Å². The monoisotopic (exact) mass is 239 g/mol. The van der Waals surface area contributed by atoms with Crippen molar-refractivity contribution in [2.24, 2.45) is 11.8 Å². The standard InChI is InChI=1S/C12H18ClN3/c13-12-11-7-10(3-6-16(11)8-15-12)9-1-4-14-5-2-9/h8-10,14H,1-7H2. The zero-order chi connectivity index (χ0) is 11.0. The first kappa shape index (κ1) is 10.6. The molecular weight excluding hydrogens is 222 g/mol. The first-order valence-electron chi connectivity index (χ1n) is 6.25. The van der Waals surface area contributed by atoms with Crippen molar-refractivity contribution in [3.05, 3.63) is 17.2 Å². The fraction of sp³-hybridized carbons (Fsp3) is 0.750. The van der Waals surface area contributed by atoms with E-state index in [0.29, 0.717) is 0 Å². The van der Waals surface area contributed by atoms with Gasteiger partial charge >= 0.3 is 0 Å². The van der Waals surface area contributed by atoms with Gasteiger partial charge in [-0.05, 0) is 50.6 Å². The van der Waals surface area contributed by atoms with Gasteiger partial charge in [0.25, 0.3) is 0 Å². The van der Waals surface area contributed by atoms with Crippen molar-refractivity contribution in [3.8, 4) is 0 Å². The van der Waals surface area contributed by atoms with Crippen molar-refractivity contribution >= 4 is 11.6 Å². The molecule has 16 heavy (non-hydrogen) atoms. The molecule has 1 saturated heterocycles. The lowest BCUT2D eigenvalue weighted by atomic mass is 9.79. The van der Waals surface area contributed by atoms with Crippen molar-refractivity contribution < 1.29 is 0 Å². The number of hydrogen-bond donors (Lipinski definition) is 1. The third kappa shape index (κ3) is 1.87. The Hall–Kier alpha value is -0.540. The lowest BCUT2D eigenvalue weighted by molar-refractivity contribution is 0.219. The summed E-state index contributed by atoms with van der Waals surface area (Å²) in [5.74, 6) is 1.71. The number of rotatable bonds is 1. The van der Waals surface area contributed by atoms with E-state index in [0.717, 1.165) is 30.0 Å². The van der Waals surface area contributed by atoms with Crippen LogP contribution in [0.15, 0.2) is 6.33 Å². The van der Waals surface area contributed by atoms with Crippen LogP contribution in [0.2, 0.25) is 5.15 Å². The van der Waals surface area contributed by atoms with Gasteiger partial charge < -0.3 is 9.88 Å². The molecule has 0 radical (unpaired) electrons. The molecule has 4 heteroatoms. The van der Waals surface area contributed by atoms with Gasteiger partial charge in [-0.15, -0.1) is 0 Å². The van der Waals surface area contributed by atoms with Crippen LogP contribution < -0.4 is 5.32 Å². The van der Waals surface area contributed by atoms with Gasteiger partial charge in [-0.2, -0.15) is 0 Å². The second-order valence-electron chi connectivity index (χ2n) is 5.02. The van der Waals surface area contributed by atoms with Crippen LogP contribution in [0.25, 0.3) is 0 Å². The molecule has 0 bridgehead atoms. The summed E-state index contributed by atoms with van der Waals surface area (Å²) in [5.41, 5.74) is 1.26. The van der Waals surface area contributed by atoms with Crippen molar-refractivity contribution in [2.45, 2.75) is 32.2 Å². The molecule has 0 aliphatic carbocycles. The first-order valence-corrected chi connectivity index (χ1v) is 6.62. The summed E-state index contributed by atoms with van der Waals surface area (Å²) in [5, 5.41) is 4.16. The molecule has 2 aliphatic heterocycles. The molecule has 1 aromatic heterocycles. The second-order valence-corrected chi connectivity index (χ2v) is 5.37. The van der Waals surface area contributed by atoms with E-state index in [1.165, 1.54) is 38.0 Å². The van der Waals surface area contributed by atoms with Gasteiger partial charge in [0.2, 0.25) is 0 Å². The van der Waals surface area contributed by atoms with Crippen LogP contribution in [0.4, 0.5) is 0 Å². The van der Waals surface area contributed by atoms with Gasteiger partial charge in [0.05, 0.1) is 12.0 Å². The maximum atomic E-state index is 6.12. The molecule has 1 unspecified atom stereocenters. The topological polar surface area (TPSA) is 29.9 Å². The lowest BCUT2D eigenvalue weighted by Gasteiger charge is -2.33. The molecule has 1 N–H and O–H groups in total. The van der Waals surface area contributed by atoms with E-state index in [2.05, 4.69) is 14.9 Å². The number of aryl methyl sites for hydroxylation is 1. The molecule has 0 saturated carbocycles. The van der Waals surface area contributed by atoms with E-state index in [1.54, 1.807) is 0 Å². The predicted molar refractivity (Wildman–Crippen MR) is 64.6 cm³/mol. The molecule has 0 amide bonds. The van der Waals surface area contributed by atoms with E-state index in [9.17, 15) is 0 Å². The van der Waals surface area contributed by atoms with Gasteiger partial charge in [0, 0.05) is 6.54 Å². The number of aromatic nitrogens is 2. The van der Waals surface area contributed by atoms with E-state index in [-0.39, 0.29) is 0 Å². The Morgan fingerprint density at radius 2 is 2.06 bits per heavy atom. The number of imidazole rings is 1. The van der Waals surface area contributed by atoms with Gasteiger partial charge in [0.15, 0.2) is 0 Å². The van der Waals surface area contributed by atoms with Gasteiger partial charge in [-0.3, -0.25) is 0 Å². The molecular formula is C12H18ClN3. The lowest BCUT2D eigenvalue weighted by Crippen LogP contribution is -2.34.